The molecule has 2 heterocycles. The molecule has 13 heavy (non-hydrogen) atoms. The number of anilines is 1. The Hall–Kier alpha value is -1.71. The monoisotopic (exact) mass is 177 g/mol. The Balaban J connectivity index is 2.25. The summed E-state index contributed by atoms with van der Waals surface area (Å²) in [6.45, 7) is 2.56. The van der Waals surface area contributed by atoms with Gasteiger partial charge < -0.3 is 15.1 Å². The van der Waals surface area contributed by atoms with Gasteiger partial charge in [-0.25, -0.2) is 4.98 Å². The summed E-state index contributed by atoms with van der Waals surface area (Å²) in [5.41, 5.74) is 7.38. The van der Waals surface area contributed by atoms with Gasteiger partial charge >= 0.3 is 0 Å². The molecule has 0 aromatic carbocycles. The molecule has 0 aliphatic carbocycles. The number of aryl methyl sites for hydroxylation is 1. The fraction of sp³-hybridized carbons (Fsp3) is 0.222. The SMILES string of the molecule is Cc1ncoc1N1C=CC=C(N)C1. The van der Waals surface area contributed by atoms with Crippen molar-refractivity contribution in [2.24, 2.45) is 5.73 Å². The van der Waals surface area contributed by atoms with E-state index < -0.39 is 0 Å². The zero-order valence-corrected chi connectivity index (χ0v) is 7.40. The molecule has 2 rings (SSSR count). The van der Waals surface area contributed by atoms with E-state index in [4.69, 9.17) is 10.2 Å². The molecule has 1 aromatic rings. The predicted molar refractivity (Wildman–Crippen MR) is 50.0 cm³/mol. The van der Waals surface area contributed by atoms with Crippen molar-refractivity contribution in [3.63, 3.8) is 0 Å². The molecule has 68 valence electrons. The number of oxazole rings is 1. The summed E-state index contributed by atoms with van der Waals surface area (Å²) in [6.07, 6.45) is 7.12. The Kier molecular flexibility index (Phi) is 1.81. The molecule has 1 aliphatic rings. The highest BCUT2D eigenvalue weighted by atomic mass is 16.4. The first-order valence-corrected chi connectivity index (χ1v) is 4.07. The summed E-state index contributed by atoms with van der Waals surface area (Å²) < 4.78 is 5.23. The van der Waals surface area contributed by atoms with Gasteiger partial charge in [0.15, 0.2) is 6.39 Å². The van der Waals surface area contributed by atoms with Gasteiger partial charge in [0.05, 0.1) is 6.54 Å². The highest BCUT2D eigenvalue weighted by Gasteiger charge is 2.13. The molecular formula is C9H11N3O. The van der Waals surface area contributed by atoms with E-state index in [9.17, 15) is 0 Å². The standard InChI is InChI=1S/C9H11N3O/c1-7-9(13-6-11-7)12-4-2-3-8(10)5-12/h2-4,6H,5,10H2,1H3. The maximum absolute atomic E-state index is 5.69. The van der Waals surface area contributed by atoms with Crippen LogP contribution in [0.25, 0.3) is 0 Å². The zero-order valence-electron chi connectivity index (χ0n) is 7.40. The van der Waals surface area contributed by atoms with Crippen molar-refractivity contribution in [1.29, 1.82) is 0 Å². The molecule has 0 spiro atoms. The number of aromatic nitrogens is 1. The topological polar surface area (TPSA) is 55.3 Å². The number of allylic oxidation sites excluding steroid dienone is 2. The fourth-order valence-corrected chi connectivity index (χ4v) is 1.28. The van der Waals surface area contributed by atoms with Gasteiger partial charge in [0.1, 0.15) is 5.69 Å². The van der Waals surface area contributed by atoms with Crippen LogP contribution < -0.4 is 10.6 Å². The summed E-state index contributed by atoms with van der Waals surface area (Å²) in [7, 11) is 0. The molecule has 0 fully saturated rings. The summed E-state index contributed by atoms with van der Waals surface area (Å²) in [4.78, 5) is 5.94. The summed E-state index contributed by atoms with van der Waals surface area (Å²) >= 11 is 0. The van der Waals surface area contributed by atoms with Crippen molar-refractivity contribution < 1.29 is 4.42 Å². The lowest BCUT2D eigenvalue weighted by Crippen LogP contribution is -2.24. The van der Waals surface area contributed by atoms with Crippen LogP contribution in [0.1, 0.15) is 5.69 Å². The second-order valence-corrected chi connectivity index (χ2v) is 2.95. The number of nitrogens with two attached hydrogens (primary N) is 1. The minimum Gasteiger partial charge on any atom is -0.427 e. The summed E-state index contributed by atoms with van der Waals surface area (Å²) in [6, 6.07) is 0. The smallest absolute Gasteiger partial charge is 0.223 e. The molecule has 0 bridgehead atoms. The van der Waals surface area contributed by atoms with Gasteiger partial charge in [0, 0.05) is 11.9 Å². The van der Waals surface area contributed by atoms with Crippen molar-refractivity contribution in [3.8, 4) is 0 Å². The van der Waals surface area contributed by atoms with E-state index in [1.54, 1.807) is 0 Å². The second kappa shape index (κ2) is 2.97. The highest BCUT2D eigenvalue weighted by Crippen LogP contribution is 2.20. The van der Waals surface area contributed by atoms with E-state index in [1.807, 2.05) is 30.2 Å². The molecule has 0 radical (unpaired) electrons. The van der Waals surface area contributed by atoms with Crippen LogP contribution in [-0.2, 0) is 0 Å². The van der Waals surface area contributed by atoms with Crippen LogP contribution in [0.5, 0.6) is 0 Å². The van der Waals surface area contributed by atoms with Crippen LogP contribution in [0.3, 0.4) is 0 Å². The lowest BCUT2D eigenvalue weighted by atomic mass is 10.3. The molecule has 0 atom stereocenters. The van der Waals surface area contributed by atoms with E-state index in [1.165, 1.54) is 6.39 Å². The third-order valence-corrected chi connectivity index (χ3v) is 1.91. The lowest BCUT2D eigenvalue weighted by molar-refractivity contribution is 0.554. The van der Waals surface area contributed by atoms with Crippen molar-refractivity contribution in [2.45, 2.75) is 6.92 Å². The normalized spacial score (nSPS) is 16.1. The predicted octanol–water partition coefficient (Wildman–Crippen LogP) is 1.16. The Morgan fingerprint density at radius 1 is 1.62 bits per heavy atom. The zero-order chi connectivity index (χ0) is 9.26. The van der Waals surface area contributed by atoms with Crippen LogP contribution in [0.4, 0.5) is 5.88 Å². The van der Waals surface area contributed by atoms with E-state index >= 15 is 0 Å². The third kappa shape index (κ3) is 1.42. The molecule has 2 N–H and O–H groups in total. The summed E-state index contributed by atoms with van der Waals surface area (Å²) in [5.74, 6) is 0.757. The summed E-state index contributed by atoms with van der Waals surface area (Å²) in [5, 5.41) is 0. The van der Waals surface area contributed by atoms with E-state index in [0.717, 1.165) is 17.3 Å². The first-order chi connectivity index (χ1) is 6.27. The van der Waals surface area contributed by atoms with Crippen LogP contribution in [0, 0.1) is 6.92 Å². The van der Waals surface area contributed by atoms with Crippen LogP contribution >= 0.6 is 0 Å². The molecule has 1 aliphatic heterocycles. The Morgan fingerprint density at radius 3 is 3.08 bits per heavy atom. The number of rotatable bonds is 1. The Bertz CT molecular complexity index is 365. The highest BCUT2D eigenvalue weighted by molar-refractivity contribution is 5.46. The maximum Gasteiger partial charge on any atom is 0.223 e. The largest absolute Gasteiger partial charge is 0.427 e. The Morgan fingerprint density at radius 2 is 2.46 bits per heavy atom. The van der Waals surface area contributed by atoms with Gasteiger partial charge in [-0.05, 0) is 19.1 Å². The van der Waals surface area contributed by atoms with Crippen LogP contribution in [0.2, 0.25) is 0 Å². The average molecular weight is 177 g/mol. The minimum atomic E-state index is 0.659. The minimum absolute atomic E-state index is 0.659. The lowest BCUT2D eigenvalue weighted by Gasteiger charge is -2.20. The van der Waals surface area contributed by atoms with Crippen molar-refractivity contribution in [1.82, 2.24) is 4.98 Å². The van der Waals surface area contributed by atoms with Gasteiger partial charge in [-0.15, -0.1) is 0 Å². The van der Waals surface area contributed by atoms with E-state index in [-0.39, 0.29) is 0 Å². The van der Waals surface area contributed by atoms with Gasteiger partial charge in [-0.2, -0.15) is 0 Å². The molecular weight excluding hydrogens is 166 g/mol. The van der Waals surface area contributed by atoms with Crippen LogP contribution in [0.15, 0.2) is 34.9 Å². The molecule has 4 heteroatoms. The molecule has 0 amide bonds. The number of hydrogen-bond donors (Lipinski definition) is 1. The molecule has 0 saturated heterocycles. The maximum atomic E-state index is 5.69. The number of nitrogens with zero attached hydrogens (tertiary/aromatic N) is 2. The quantitative estimate of drug-likeness (QED) is 0.699. The van der Waals surface area contributed by atoms with Gasteiger partial charge in [0.25, 0.3) is 0 Å². The van der Waals surface area contributed by atoms with Gasteiger partial charge in [-0.1, -0.05) is 0 Å². The third-order valence-electron chi connectivity index (χ3n) is 1.91. The number of hydrogen-bond acceptors (Lipinski definition) is 4. The first kappa shape index (κ1) is 7.91. The fourth-order valence-electron chi connectivity index (χ4n) is 1.28. The van der Waals surface area contributed by atoms with E-state index in [2.05, 4.69) is 4.98 Å². The second-order valence-electron chi connectivity index (χ2n) is 2.95. The Labute approximate surface area is 76.3 Å². The molecule has 4 nitrogen and oxygen atoms in total. The molecule has 0 unspecified atom stereocenters. The van der Waals surface area contributed by atoms with Gasteiger partial charge in [-0.3, -0.25) is 0 Å². The van der Waals surface area contributed by atoms with Crippen molar-refractivity contribution >= 4 is 5.88 Å². The first-order valence-electron chi connectivity index (χ1n) is 4.07. The average Bonchev–Trinajstić information content (AvgIpc) is 2.51. The van der Waals surface area contributed by atoms with Crippen LogP contribution in [-0.4, -0.2) is 11.5 Å². The molecule has 0 saturated carbocycles. The van der Waals surface area contributed by atoms with Crippen molar-refractivity contribution in [3.05, 3.63) is 36.1 Å². The van der Waals surface area contributed by atoms with Gasteiger partial charge in [0.2, 0.25) is 5.88 Å². The molecule has 1 aromatic heterocycles. The van der Waals surface area contributed by atoms with E-state index in [0.29, 0.717) is 6.54 Å². The van der Waals surface area contributed by atoms with Crippen molar-refractivity contribution in [2.75, 3.05) is 11.4 Å².